The molecule has 1 heterocycles. The highest BCUT2D eigenvalue weighted by Gasteiger charge is 2.18. The number of carbonyl (C=O) groups is 1. The second-order valence-electron chi connectivity index (χ2n) is 3.42. The third kappa shape index (κ3) is 5.42. The number of likely N-dealkylation sites (tertiary alicyclic amines) is 1. The number of rotatable bonds is 3. The van der Waals surface area contributed by atoms with Crippen molar-refractivity contribution < 1.29 is 4.79 Å². The molecule has 0 saturated carbocycles. The molecule has 1 rings (SSSR count). The second kappa shape index (κ2) is 8.03. The van der Waals surface area contributed by atoms with Crippen LogP contribution in [0.15, 0.2) is 0 Å². The summed E-state index contributed by atoms with van der Waals surface area (Å²) in [6, 6.07) is 0. The van der Waals surface area contributed by atoms with Gasteiger partial charge >= 0.3 is 0 Å². The quantitative estimate of drug-likeness (QED) is 0.659. The number of alkyl halides is 1. The molecule has 0 aromatic rings. The smallest absolute Gasteiger partial charge is 0.231 e. The van der Waals surface area contributed by atoms with Gasteiger partial charge in [-0.05, 0) is 38.4 Å². The van der Waals surface area contributed by atoms with Crippen LogP contribution in [0.5, 0.6) is 0 Å². The molecule has 0 aromatic heterocycles. The molecular weight excluding hydrogens is 202 g/mol. The SMILES string of the molecule is CCl.NCC1CCN(CC(N)=O)CC1. The standard InChI is InChI=1S/C8H17N3O.CH3Cl/c9-5-7-1-3-11(4-2-7)6-8(10)12;1-2/h7H,1-6,9H2,(H2,10,12);1H3. The molecule has 14 heavy (non-hydrogen) atoms. The van der Waals surface area contributed by atoms with Crippen LogP contribution in [-0.2, 0) is 4.79 Å². The van der Waals surface area contributed by atoms with E-state index in [0.717, 1.165) is 32.5 Å². The second-order valence-corrected chi connectivity index (χ2v) is 3.42. The van der Waals surface area contributed by atoms with Gasteiger partial charge in [-0.2, -0.15) is 0 Å². The van der Waals surface area contributed by atoms with E-state index < -0.39 is 0 Å². The molecule has 84 valence electrons. The summed E-state index contributed by atoms with van der Waals surface area (Å²) in [5.41, 5.74) is 10.6. The summed E-state index contributed by atoms with van der Waals surface area (Å²) in [6.45, 7) is 3.09. The first-order valence-corrected chi connectivity index (χ1v) is 5.56. The molecule has 4 N–H and O–H groups in total. The highest BCUT2D eigenvalue weighted by Crippen LogP contribution is 2.14. The minimum absolute atomic E-state index is 0.235. The number of piperidine rings is 1. The van der Waals surface area contributed by atoms with Gasteiger partial charge in [0, 0.05) is 6.38 Å². The molecule has 1 aliphatic rings. The third-order valence-electron chi connectivity index (χ3n) is 2.42. The van der Waals surface area contributed by atoms with E-state index in [0.29, 0.717) is 12.5 Å². The van der Waals surface area contributed by atoms with Crippen LogP contribution in [0.1, 0.15) is 12.8 Å². The number of hydrogen-bond acceptors (Lipinski definition) is 3. The molecule has 1 fully saturated rings. The monoisotopic (exact) mass is 221 g/mol. The van der Waals surface area contributed by atoms with E-state index in [4.69, 9.17) is 11.5 Å². The molecule has 0 aromatic carbocycles. The van der Waals surface area contributed by atoms with E-state index in [1.54, 1.807) is 0 Å². The van der Waals surface area contributed by atoms with E-state index in [1.807, 2.05) is 0 Å². The maximum Gasteiger partial charge on any atom is 0.231 e. The van der Waals surface area contributed by atoms with Crippen LogP contribution in [0.4, 0.5) is 0 Å². The van der Waals surface area contributed by atoms with E-state index in [1.165, 1.54) is 6.38 Å². The Morgan fingerprint density at radius 2 is 1.93 bits per heavy atom. The van der Waals surface area contributed by atoms with E-state index in [9.17, 15) is 4.79 Å². The van der Waals surface area contributed by atoms with Crippen molar-refractivity contribution in [2.75, 3.05) is 32.6 Å². The largest absolute Gasteiger partial charge is 0.369 e. The van der Waals surface area contributed by atoms with Crippen molar-refractivity contribution in [3.05, 3.63) is 0 Å². The lowest BCUT2D eigenvalue weighted by Crippen LogP contribution is -2.40. The van der Waals surface area contributed by atoms with Crippen molar-refractivity contribution in [1.82, 2.24) is 4.90 Å². The summed E-state index contributed by atoms with van der Waals surface area (Å²) in [6.07, 6.45) is 3.67. The molecule has 0 bridgehead atoms. The summed E-state index contributed by atoms with van der Waals surface area (Å²) in [7, 11) is 0. The lowest BCUT2D eigenvalue weighted by molar-refractivity contribution is -0.119. The number of amides is 1. The molecule has 1 amide bonds. The molecule has 4 nitrogen and oxygen atoms in total. The third-order valence-corrected chi connectivity index (χ3v) is 2.42. The Morgan fingerprint density at radius 1 is 1.43 bits per heavy atom. The van der Waals surface area contributed by atoms with Gasteiger partial charge in [0.1, 0.15) is 0 Å². The highest BCUT2D eigenvalue weighted by molar-refractivity contribution is 6.15. The Morgan fingerprint density at radius 3 is 2.29 bits per heavy atom. The molecule has 0 radical (unpaired) electrons. The van der Waals surface area contributed by atoms with Gasteiger partial charge in [-0.3, -0.25) is 9.69 Å². The summed E-state index contributed by atoms with van der Waals surface area (Å²) < 4.78 is 0. The molecule has 0 spiro atoms. The zero-order valence-corrected chi connectivity index (χ0v) is 9.46. The molecule has 0 aliphatic carbocycles. The number of primary amides is 1. The first-order valence-electron chi connectivity index (χ1n) is 4.81. The zero-order valence-electron chi connectivity index (χ0n) is 8.71. The van der Waals surface area contributed by atoms with Gasteiger partial charge in [-0.1, -0.05) is 0 Å². The summed E-state index contributed by atoms with van der Waals surface area (Å²) in [5.74, 6) is 0.412. The van der Waals surface area contributed by atoms with Crippen LogP contribution in [0.25, 0.3) is 0 Å². The van der Waals surface area contributed by atoms with Gasteiger partial charge in [0.15, 0.2) is 0 Å². The predicted octanol–water partition coefficient (Wildman–Crippen LogP) is -0.00260. The van der Waals surface area contributed by atoms with Crippen LogP contribution in [0.2, 0.25) is 0 Å². The van der Waals surface area contributed by atoms with Crippen LogP contribution in [-0.4, -0.2) is 43.4 Å². The lowest BCUT2D eigenvalue weighted by atomic mass is 9.97. The van der Waals surface area contributed by atoms with Gasteiger partial charge in [-0.15, -0.1) is 11.6 Å². The van der Waals surface area contributed by atoms with Crippen molar-refractivity contribution in [1.29, 1.82) is 0 Å². The van der Waals surface area contributed by atoms with E-state index >= 15 is 0 Å². The predicted molar refractivity (Wildman–Crippen MR) is 59.2 cm³/mol. The van der Waals surface area contributed by atoms with Gasteiger partial charge in [0.2, 0.25) is 5.91 Å². The van der Waals surface area contributed by atoms with Gasteiger partial charge in [-0.25, -0.2) is 0 Å². The van der Waals surface area contributed by atoms with Crippen LogP contribution < -0.4 is 11.5 Å². The van der Waals surface area contributed by atoms with Crippen LogP contribution in [0.3, 0.4) is 0 Å². The number of nitrogens with two attached hydrogens (primary N) is 2. The molecule has 1 aliphatic heterocycles. The summed E-state index contributed by atoms with van der Waals surface area (Å²) in [5, 5.41) is 0. The fourth-order valence-corrected chi connectivity index (χ4v) is 1.60. The van der Waals surface area contributed by atoms with Gasteiger partial charge in [0.25, 0.3) is 0 Å². The Labute approximate surface area is 90.6 Å². The minimum Gasteiger partial charge on any atom is -0.369 e. The normalized spacial score (nSPS) is 18.5. The maximum atomic E-state index is 10.6. The number of hydrogen-bond donors (Lipinski definition) is 2. The first-order chi connectivity index (χ1) is 6.72. The van der Waals surface area contributed by atoms with Crippen molar-refractivity contribution >= 4 is 17.5 Å². The fraction of sp³-hybridized carbons (Fsp3) is 0.889. The van der Waals surface area contributed by atoms with Gasteiger partial charge in [0.05, 0.1) is 6.54 Å². The van der Waals surface area contributed by atoms with Crippen LogP contribution in [0, 0.1) is 5.92 Å². The number of halogens is 1. The Balaban J connectivity index is 0.000000791. The number of carbonyl (C=O) groups excluding carboxylic acids is 1. The molecule has 5 heteroatoms. The molecule has 0 atom stereocenters. The first kappa shape index (κ1) is 13.7. The summed E-state index contributed by atoms with van der Waals surface area (Å²) in [4.78, 5) is 12.7. The average Bonchev–Trinajstić information content (AvgIpc) is 2.21. The highest BCUT2D eigenvalue weighted by atomic mass is 35.5. The lowest BCUT2D eigenvalue weighted by Gasteiger charge is -2.30. The fourth-order valence-electron chi connectivity index (χ4n) is 1.60. The topological polar surface area (TPSA) is 72.3 Å². The Hall–Kier alpha value is -0.320. The average molecular weight is 222 g/mol. The Bertz CT molecular complexity index is 158. The van der Waals surface area contributed by atoms with Crippen molar-refractivity contribution in [2.24, 2.45) is 17.4 Å². The minimum atomic E-state index is -0.235. The van der Waals surface area contributed by atoms with Gasteiger partial charge < -0.3 is 11.5 Å². The van der Waals surface area contributed by atoms with E-state index in [-0.39, 0.29) is 5.91 Å². The molecule has 0 unspecified atom stereocenters. The molecular formula is C9H20ClN3O. The summed E-state index contributed by atoms with van der Waals surface area (Å²) >= 11 is 4.64. The van der Waals surface area contributed by atoms with Crippen LogP contribution >= 0.6 is 11.6 Å². The maximum absolute atomic E-state index is 10.6. The molecule has 1 saturated heterocycles. The van der Waals surface area contributed by atoms with Crippen molar-refractivity contribution in [2.45, 2.75) is 12.8 Å². The van der Waals surface area contributed by atoms with E-state index in [2.05, 4.69) is 16.5 Å². The number of nitrogens with zero attached hydrogens (tertiary/aromatic N) is 1. The van der Waals surface area contributed by atoms with Crippen molar-refractivity contribution in [3.63, 3.8) is 0 Å². The Kier molecular flexibility index (Phi) is 7.84. The van der Waals surface area contributed by atoms with Crippen molar-refractivity contribution in [3.8, 4) is 0 Å². The zero-order chi connectivity index (χ0) is 11.0.